The number of hydrogen-bond acceptors (Lipinski definition) is 8. The molecule has 3 N–H and O–H groups in total. The fourth-order valence-corrected chi connectivity index (χ4v) is 6.01. The number of nitrogens with zero attached hydrogens (tertiary/aromatic N) is 3. The summed E-state index contributed by atoms with van der Waals surface area (Å²) in [7, 11) is 1.54. The van der Waals surface area contributed by atoms with E-state index in [1.54, 1.807) is 79.6 Å². The summed E-state index contributed by atoms with van der Waals surface area (Å²) < 4.78 is 5.13. The van der Waals surface area contributed by atoms with Gasteiger partial charge in [-0.25, -0.2) is 0 Å². The van der Waals surface area contributed by atoms with E-state index in [0.717, 1.165) is 12.8 Å². The molecule has 5 rings (SSSR count). The zero-order valence-electron chi connectivity index (χ0n) is 25.6. The molecule has 1 fully saturated rings. The van der Waals surface area contributed by atoms with Crippen LogP contribution in [0, 0.1) is 16.0 Å². The van der Waals surface area contributed by atoms with Crippen molar-refractivity contribution < 1.29 is 34.3 Å². The molecule has 3 aromatic carbocycles. The van der Waals surface area contributed by atoms with Crippen molar-refractivity contribution in [3.8, 4) is 5.75 Å². The summed E-state index contributed by atoms with van der Waals surface area (Å²) in [5.74, 6) is -1.31. The van der Waals surface area contributed by atoms with Gasteiger partial charge in [0.25, 0.3) is 17.5 Å². The Morgan fingerprint density at radius 3 is 2.52 bits per heavy atom. The second kappa shape index (κ2) is 13.5. The molecule has 0 aromatic heterocycles. The first kappa shape index (κ1) is 32.3. The summed E-state index contributed by atoms with van der Waals surface area (Å²) >= 11 is 0. The Balaban J connectivity index is 1.33. The van der Waals surface area contributed by atoms with E-state index in [2.05, 4.69) is 5.32 Å². The third-order valence-corrected chi connectivity index (χ3v) is 8.65. The summed E-state index contributed by atoms with van der Waals surface area (Å²) in [4.78, 5) is 53.4. The van der Waals surface area contributed by atoms with Crippen LogP contribution in [0.2, 0.25) is 0 Å². The minimum absolute atomic E-state index is 0.0258. The smallest absolute Gasteiger partial charge is 0.269 e. The number of carbonyl (C=O) groups is 3. The van der Waals surface area contributed by atoms with Crippen molar-refractivity contribution in [2.75, 3.05) is 30.5 Å². The second-order valence-electron chi connectivity index (χ2n) is 11.5. The van der Waals surface area contributed by atoms with Gasteiger partial charge in [0.15, 0.2) is 5.60 Å². The van der Waals surface area contributed by atoms with Gasteiger partial charge in [-0.1, -0.05) is 31.2 Å². The second-order valence-corrected chi connectivity index (χ2v) is 11.5. The van der Waals surface area contributed by atoms with Crippen LogP contribution in [0.5, 0.6) is 5.75 Å². The summed E-state index contributed by atoms with van der Waals surface area (Å²) in [6.45, 7) is 2.15. The Bertz CT molecular complexity index is 1660. The molecule has 0 saturated carbocycles. The number of amides is 3. The highest BCUT2D eigenvalue weighted by Gasteiger charge is 2.53. The Labute approximate surface area is 266 Å². The van der Waals surface area contributed by atoms with Crippen molar-refractivity contribution in [1.29, 1.82) is 0 Å². The number of hydrogen-bond donors (Lipinski definition) is 3. The Morgan fingerprint density at radius 1 is 1.15 bits per heavy atom. The molecule has 240 valence electrons. The number of nitro groups is 1. The van der Waals surface area contributed by atoms with Crippen molar-refractivity contribution in [3.63, 3.8) is 0 Å². The van der Waals surface area contributed by atoms with Gasteiger partial charge in [-0.3, -0.25) is 24.5 Å². The van der Waals surface area contributed by atoms with E-state index >= 15 is 0 Å². The number of nitrogens with one attached hydrogen (secondary N) is 1. The van der Waals surface area contributed by atoms with Gasteiger partial charge in [0.2, 0.25) is 5.91 Å². The first-order valence-corrected chi connectivity index (χ1v) is 15.0. The minimum atomic E-state index is -2.12. The molecule has 3 atom stereocenters. The quantitative estimate of drug-likeness (QED) is 0.162. The lowest BCUT2D eigenvalue weighted by Gasteiger charge is -2.28. The molecule has 0 bridgehead atoms. The first-order valence-electron chi connectivity index (χ1n) is 15.0. The van der Waals surface area contributed by atoms with Gasteiger partial charge in [-0.2, -0.15) is 0 Å². The molecule has 3 aromatic rings. The molecule has 2 aliphatic rings. The zero-order valence-corrected chi connectivity index (χ0v) is 25.6. The lowest BCUT2D eigenvalue weighted by atomic mass is 9.82. The predicted octanol–water partition coefficient (Wildman–Crippen LogP) is 4.16. The molecule has 46 heavy (non-hydrogen) atoms. The highest BCUT2D eigenvalue weighted by atomic mass is 16.6. The van der Waals surface area contributed by atoms with Gasteiger partial charge in [0.1, 0.15) is 5.75 Å². The topological polar surface area (TPSA) is 163 Å². The molecule has 12 heteroatoms. The van der Waals surface area contributed by atoms with Crippen molar-refractivity contribution in [2.45, 2.75) is 44.4 Å². The van der Waals surface area contributed by atoms with Crippen molar-refractivity contribution in [2.24, 2.45) is 5.92 Å². The predicted molar refractivity (Wildman–Crippen MR) is 170 cm³/mol. The van der Waals surface area contributed by atoms with E-state index in [9.17, 15) is 34.7 Å². The number of ether oxygens (including phenoxy) is 1. The number of benzene rings is 3. The summed E-state index contributed by atoms with van der Waals surface area (Å²) in [6.07, 6.45) is 4.74. The minimum Gasteiger partial charge on any atom is -0.497 e. The van der Waals surface area contributed by atoms with Crippen LogP contribution in [0.1, 0.15) is 47.7 Å². The molecular weight excluding hydrogens is 592 g/mol. The van der Waals surface area contributed by atoms with Crippen LogP contribution in [0.4, 0.5) is 17.1 Å². The number of nitro benzene ring substituents is 1. The van der Waals surface area contributed by atoms with Crippen LogP contribution in [0.3, 0.4) is 0 Å². The summed E-state index contributed by atoms with van der Waals surface area (Å²) in [6, 6.07) is 17.3. The van der Waals surface area contributed by atoms with Crippen LogP contribution < -0.4 is 15.0 Å². The standard InChI is InChI=1S/C34H36N4O8/c1-22(5-3-7-31(40)36-18-4-6-27(36)21-39)34(43)29-19-26(38(44)45)14-17-30(29)37(33(34)42)20-23-8-12-25(13-9-23)35-32(41)24-10-15-28(46-2)16-11-24/h3,5,8-17,19,22,27,39,43H,4,6-7,18,20-21H2,1-2H3,(H,35,41)/b5-3+/t22-,27-,34+/m0/s1. The summed E-state index contributed by atoms with van der Waals surface area (Å²) in [5, 5.41) is 35.9. The first-order chi connectivity index (χ1) is 22.1. The average molecular weight is 629 g/mol. The van der Waals surface area contributed by atoms with Crippen LogP contribution in [-0.4, -0.2) is 64.1 Å². The number of rotatable bonds is 11. The Hall–Kier alpha value is -5.07. The van der Waals surface area contributed by atoms with E-state index in [1.807, 2.05) is 0 Å². The number of methoxy groups -OCH3 is 1. The molecule has 0 unspecified atom stereocenters. The maximum Gasteiger partial charge on any atom is 0.269 e. The highest BCUT2D eigenvalue weighted by Crippen LogP contribution is 2.47. The Kier molecular flexibility index (Phi) is 9.49. The van der Waals surface area contributed by atoms with Gasteiger partial charge in [-0.15, -0.1) is 0 Å². The lowest BCUT2D eigenvalue weighted by Crippen LogP contribution is -2.44. The maximum atomic E-state index is 13.9. The van der Waals surface area contributed by atoms with E-state index in [4.69, 9.17) is 4.74 Å². The molecule has 0 spiro atoms. The van der Waals surface area contributed by atoms with Crippen molar-refractivity contribution in [3.05, 3.63) is 106 Å². The Morgan fingerprint density at radius 2 is 1.87 bits per heavy atom. The van der Waals surface area contributed by atoms with Crippen LogP contribution in [0.15, 0.2) is 78.9 Å². The number of anilines is 2. The molecule has 12 nitrogen and oxygen atoms in total. The third-order valence-electron chi connectivity index (χ3n) is 8.65. The van der Waals surface area contributed by atoms with Crippen LogP contribution in [0.25, 0.3) is 0 Å². The molecule has 1 saturated heterocycles. The normalized spacial score (nSPS) is 19.7. The molecule has 0 radical (unpaired) electrons. The van der Waals surface area contributed by atoms with Gasteiger partial charge in [-0.05, 0) is 60.9 Å². The number of non-ortho nitro benzene ring substituents is 1. The van der Waals surface area contributed by atoms with Crippen LogP contribution >= 0.6 is 0 Å². The average Bonchev–Trinajstić information content (AvgIpc) is 3.63. The largest absolute Gasteiger partial charge is 0.497 e. The molecule has 0 aliphatic carbocycles. The van der Waals surface area contributed by atoms with Crippen LogP contribution in [-0.2, 0) is 21.7 Å². The highest BCUT2D eigenvalue weighted by molar-refractivity contribution is 6.07. The van der Waals surface area contributed by atoms with Gasteiger partial charge in [0.05, 0.1) is 36.9 Å². The fraction of sp³-hybridized carbons (Fsp3) is 0.324. The molecule has 2 aliphatic heterocycles. The third kappa shape index (κ3) is 6.35. The SMILES string of the molecule is COc1ccc(C(=O)Nc2ccc(CN3C(=O)[C@@](O)([C@@H](C)/C=C/CC(=O)N4CCC[C@H]4CO)c4cc([N+](=O)[O-])ccc43)cc2)cc1. The maximum absolute atomic E-state index is 13.9. The fourth-order valence-electron chi connectivity index (χ4n) is 6.01. The number of aliphatic hydroxyl groups is 2. The number of fused-ring (bicyclic) bond motifs is 1. The number of likely N-dealkylation sites (tertiary alicyclic amines) is 1. The zero-order chi connectivity index (χ0) is 33.0. The monoisotopic (exact) mass is 628 g/mol. The van der Waals surface area contributed by atoms with Gasteiger partial charge < -0.3 is 30.1 Å². The van der Waals surface area contributed by atoms with Gasteiger partial charge >= 0.3 is 0 Å². The van der Waals surface area contributed by atoms with E-state index < -0.39 is 22.3 Å². The van der Waals surface area contributed by atoms with Crippen molar-refractivity contribution in [1.82, 2.24) is 4.90 Å². The lowest BCUT2D eigenvalue weighted by molar-refractivity contribution is -0.385. The molecular formula is C34H36N4O8. The number of aliphatic hydroxyl groups excluding tert-OH is 1. The molecule has 3 amide bonds. The molecule has 2 heterocycles. The number of carbonyl (C=O) groups excluding carboxylic acids is 3. The van der Waals surface area contributed by atoms with E-state index in [-0.39, 0.29) is 48.7 Å². The summed E-state index contributed by atoms with van der Waals surface area (Å²) in [5.41, 5.74) is -0.240. The van der Waals surface area contributed by atoms with Crippen molar-refractivity contribution >= 4 is 34.8 Å². The van der Waals surface area contributed by atoms with Gasteiger partial charge in [0, 0.05) is 47.8 Å². The van der Waals surface area contributed by atoms with E-state index in [1.165, 1.54) is 23.1 Å². The van der Waals surface area contributed by atoms with E-state index in [0.29, 0.717) is 34.8 Å².